The first-order valence-electron chi connectivity index (χ1n) is 9.73. The summed E-state index contributed by atoms with van der Waals surface area (Å²) in [5.41, 5.74) is 7.83. The SMILES string of the molecule is C=CC(CC(CC)=NC=NCN1CCC2(CCCC2)CC1)C(C)N. The lowest BCUT2D eigenvalue weighted by molar-refractivity contribution is 0.111. The fraction of sp³-hybridized carbons (Fsp3) is 0.800. The zero-order valence-corrected chi connectivity index (χ0v) is 15.7. The Bertz CT molecular complexity index is 437. The summed E-state index contributed by atoms with van der Waals surface area (Å²) >= 11 is 0. The quantitative estimate of drug-likeness (QED) is 0.415. The third kappa shape index (κ3) is 5.52. The Morgan fingerprint density at radius 1 is 1.25 bits per heavy atom. The Kier molecular flexibility index (Phi) is 7.63. The monoisotopic (exact) mass is 332 g/mol. The molecule has 2 unspecified atom stereocenters. The summed E-state index contributed by atoms with van der Waals surface area (Å²) in [5.74, 6) is 0.293. The molecule has 1 saturated carbocycles. The van der Waals surface area contributed by atoms with Crippen LogP contribution in [0.4, 0.5) is 0 Å². The lowest BCUT2D eigenvalue weighted by Crippen LogP contribution is -2.38. The molecule has 1 aliphatic heterocycles. The minimum Gasteiger partial charge on any atom is -0.327 e. The number of rotatable bonds is 8. The third-order valence-corrected chi connectivity index (χ3v) is 6.04. The normalized spacial score (nSPS) is 24.5. The van der Waals surface area contributed by atoms with Crippen LogP contribution in [0, 0.1) is 11.3 Å². The first-order valence-corrected chi connectivity index (χ1v) is 9.73. The van der Waals surface area contributed by atoms with Gasteiger partial charge in [-0.25, -0.2) is 4.99 Å². The Morgan fingerprint density at radius 3 is 2.46 bits per heavy atom. The molecule has 2 rings (SSSR count). The summed E-state index contributed by atoms with van der Waals surface area (Å²) in [6.45, 7) is 11.2. The van der Waals surface area contributed by atoms with Crippen LogP contribution in [-0.2, 0) is 0 Å². The van der Waals surface area contributed by atoms with Crippen LogP contribution >= 0.6 is 0 Å². The minimum atomic E-state index is 0.118. The number of likely N-dealkylation sites (tertiary alicyclic amines) is 1. The van der Waals surface area contributed by atoms with Gasteiger partial charge in [-0.15, -0.1) is 6.58 Å². The Morgan fingerprint density at radius 2 is 1.92 bits per heavy atom. The van der Waals surface area contributed by atoms with Crippen LogP contribution in [0.1, 0.15) is 65.2 Å². The first-order chi connectivity index (χ1) is 11.6. The number of hydrogen-bond donors (Lipinski definition) is 1. The second kappa shape index (κ2) is 9.47. The highest BCUT2D eigenvalue weighted by Gasteiger charge is 2.36. The van der Waals surface area contributed by atoms with E-state index in [2.05, 4.69) is 28.4 Å². The summed E-state index contributed by atoms with van der Waals surface area (Å²) in [6.07, 6.45) is 14.0. The molecule has 2 N–H and O–H groups in total. The van der Waals surface area contributed by atoms with Crippen molar-refractivity contribution in [1.82, 2.24) is 4.90 Å². The number of piperidine rings is 1. The summed E-state index contributed by atoms with van der Waals surface area (Å²) < 4.78 is 0. The fourth-order valence-electron chi connectivity index (χ4n) is 4.11. The molecule has 2 aliphatic rings. The number of nitrogens with two attached hydrogens (primary N) is 1. The van der Waals surface area contributed by atoms with Crippen LogP contribution < -0.4 is 5.73 Å². The van der Waals surface area contributed by atoms with Crippen molar-refractivity contribution in [3.8, 4) is 0 Å². The van der Waals surface area contributed by atoms with Gasteiger partial charge in [0.15, 0.2) is 0 Å². The van der Waals surface area contributed by atoms with E-state index in [0.717, 1.165) is 25.2 Å². The van der Waals surface area contributed by atoms with Crippen molar-refractivity contribution in [2.75, 3.05) is 19.8 Å². The molecule has 1 spiro atoms. The van der Waals surface area contributed by atoms with Crippen molar-refractivity contribution >= 4 is 12.1 Å². The largest absolute Gasteiger partial charge is 0.327 e. The predicted octanol–water partition coefficient (Wildman–Crippen LogP) is 4.02. The smallest absolute Gasteiger partial charge is 0.111 e. The van der Waals surface area contributed by atoms with Crippen LogP contribution in [-0.4, -0.2) is 42.8 Å². The van der Waals surface area contributed by atoms with E-state index in [-0.39, 0.29) is 6.04 Å². The molecule has 1 saturated heterocycles. The topological polar surface area (TPSA) is 54.0 Å². The van der Waals surface area contributed by atoms with Gasteiger partial charge < -0.3 is 5.73 Å². The molecule has 24 heavy (non-hydrogen) atoms. The maximum absolute atomic E-state index is 5.99. The average Bonchev–Trinajstić information content (AvgIpc) is 3.04. The molecule has 2 fully saturated rings. The molecule has 1 heterocycles. The van der Waals surface area contributed by atoms with Gasteiger partial charge in [0.2, 0.25) is 0 Å². The fourth-order valence-corrected chi connectivity index (χ4v) is 4.11. The molecule has 0 aromatic rings. The van der Waals surface area contributed by atoms with Gasteiger partial charge in [-0.2, -0.15) is 0 Å². The molecular formula is C20H36N4. The van der Waals surface area contributed by atoms with E-state index in [9.17, 15) is 0 Å². The van der Waals surface area contributed by atoms with E-state index in [0.29, 0.717) is 11.3 Å². The molecule has 0 aromatic carbocycles. The van der Waals surface area contributed by atoms with Crippen LogP contribution in [0.3, 0.4) is 0 Å². The summed E-state index contributed by atoms with van der Waals surface area (Å²) in [4.78, 5) is 11.6. The number of nitrogens with zero attached hydrogens (tertiary/aromatic N) is 3. The molecule has 0 radical (unpaired) electrons. The van der Waals surface area contributed by atoms with E-state index in [1.165, 1.54) is 51.6 Å². The van der Waals surface area contributed by atoms with E-state index in [4.69, 9.17) is 5.73 Å². The van der Waals surface area contributed by atoms with E-state index >= 15 is 0 Å². The van der Waals surface area contributed by atoms with Crippen LogP contribution in [0.25, 0.3) is 0 Å². The third-order valence-electron chi connectivity index (χ3n) is 6.04. The van der Waals surface area contributed by atoms with Crippen molar-refractivity contribution < 1.29 is 0 Å². The molecule has 136 valence electrons. The number of hydrogen-bond acceptors (Lipinski definition) is 3. The minimum absolute atomic E-state index is 0.118. The Balaban J connectivity index is 1.75. The van der Waals surface area contributed by atoms with Gasteiger partial charge in [0.05, 0.1) is 6.67 Å². The van der Waals surface area contributed by atoms with Crippen molar-refractivity contribution in [2.45, 2.75) is 71.3 Å². The molecule has 0 amide bonds. The second-order valence-corrected chi connectivity index (χ2v) is 7.78. The van der Waals surface area contributed by atoms with Gasteiger partial charge in [-0.1, -0.05) is 25.8 Å². The zero-order chi connectivity index (χ0) is 17.4. The highest BCUT2D eigenvalue weighted by atomic mass is 15.2. The van der Waals surface area contributed by atoms with E-state index in [1.54, 1.807) is 6.34 Å². The van der Waals surface area contributed by atoms with E-state index < -0.39 is 0 Å². The molecule has 0 aromatic heterocycles. The van der Waals surface area contributed by atoms with Gasteiger partial charge in [-0.05, 0) is 56.8 Å². The highest BCUT2D eigenvalue weighted by molar-refractivity contribution is 5.90. The van der Waals surface area contributed by atoms with Crippen molar-refractivity contribution in [1.29, 1.82) is 0 Å². The maximum atomic E-state index is 5.99. The summed E-state index contributed by atoms with van der Waals surface area (Å²) in [7, 11) is 0. The standard InChI is InChI=1S/C20H36N4/c1-4-18(17(3)21)14-19(5-2)23-15-22-16-24-12-10-20(11-13-24)8-6-7-9-20/h4,15,17-18H,1,5-14,16,21H2,2-3H3. The Labute approximate surface area is 148 Å². The molecular weight excluding hydrogens is 296 g/mol. The maximum Gasteiger partial charge on any atom is 0.111 e. The van der Waals surface area contributed by atoms with Crippen molar-refractivity contribution in [3.63, 3.8) is 0 Å². The Hall–Kier alpha value is -1.00. The second-order valence-electron chi connectivity index (χ2n) is 7.78. The molecule has 2 atom stereocenters. The van der Waals surface area contributed by atoms with Gasteiger partial charge in [-0.3, -0.25) is 9.89 Å². The first kappa shape index (κ1) is 19.3. The van der Waals surface area contributed by atoms with Crippen molar-refractivity contribution in [3.05, 3.63) is 12.7 Å². The summed E-state index contributed by atoms with van der Waals surface area (Å²) in [5, 5.41) is 0. The average molecular weight is 333 g/mol. The van der Waals surface area contributed by atoms with Gasteiger partial charge in [0, 0.05) is 24.8 Å². The van der Waals surface area contributed by atoms with Crippen molar-refractivity contribution in [2.24, 2.45) is 27.1 Å². The molecule has 1 aliphatic carbocycles. The molecule has 4 nitrogen and oxygen atoms in total. The lowest BCUT2D eigenvalue weighted by Gasteiger charge is -2.38. The highest BCUT2D eigenvalue weighted by Crippen LogP contribution is 2.45. The van der Waals surface area contributed by atoms with Gasteiger partial charge in [0.25, 0.3) is 0 Å². The zero-order valence-electron chi connectivity index (χ0n) is 15.7. The number of aliphatic imine (C=N–C) groups is 2. The van der Waals surface area contributed by atoms with E-state index in [1.807, 2.05) is 13.0 Å². The van der Waals surface area contributed by atoms with Crippen LogP contribution in [0.2, 0.25) is 0 Å². The molecule has 4 heteroatoms. The van der Waals surface area contributed by atoms with Crippen LogP contribution in [0.5, 0.6) is 0 Å². The lowest BCUT2D eigenvalue weighted by atomic mass is 9.77. The van der Waals surface area contributed by atoms with Gasteiger partial charge >= 0.3 is 0 Å². The van der Waals surface area contributed by atoms with Gasteiger partial charge in [0.1, 0.15) is 6.34 Å². The van der Waals surface area contributed by atoms with Crippen LogP contribution in [0.15, 0.2) is 22.6 Å². The molecule has 0 bridgehead atoms. The summed E-state index contributed by atoms with van der Waals surface area (Å²) in [6, 6.07) is 0.118. The predicted molar refractivity (Wildman–Crippen MR) is 105 cm³/mol.